The Hall–Kier alpha value is 0.270. The minimum absolute atomic E-state index is 0.473. The van der Waals surface area contributed by atoms with Crippen molar-refractivity contribution in [1.82, 2.24) is 5.32 Å². The summed E-state index contributed by atoms with van der Waals surface area (Å²) in [6.07, 6.45) is 5.59. The van der Waals surface area contributed by atoms with Crippen LogP contribution in [0.3, 0.4) is 0 Å². The van der Waals surface area contributed by atoms with Crippen LogP contribution in [0.1, 0.15) is 39.5 Å². The van der Waals surface area contributed by atoms with E-state index in [-0.39, 0.29) is 0 Å². The van der Waals surface area contributed by atoms with Crippen LogP contribution in [-0.2, 0) is 4.74 Å². The summed E-state index contributed by atoms with van der Waals surface area (Å²) in [4.78, 5) is 0. The maximum absolute atomic E-state index is 5.55. The lowest BCUT2D eigenvalue weighted by Crippen LogP contribution is -2.24. The summed E-state index contributed by atoms with van der Waals surface area (Å²) in [6, 6.07) is 0.711. The topological polar surface area (TPSA) is 21.3 Å². The van der Waals surface area contributed by atoms with Gasteiger partial charge in [0.15, 0.2) is 0 Å². The molecule has 0 amide bonds. The van der Waals surface area contributed by atoms with Crippen molar-refractivity contribution in [2.45, 2.75) is 56.9 Å². The van der Waals surface area contributed by atoms with Gasteiger partial charge < -0.3 is 10.1 Å². The van der Waals surface area contributed by atoms with Gasteiger partial charge in [-0.3, -0.25) is 0 Å². The Kier molecular flexibility index (Phi) is 6.69. The summed E-state index contributed by atoms with van der Waals surface area (Å²) >= 11 is 2.10. The van der Waals surface area contributed by atoms with E-state index in [1.165, 1.54) is 31.4 Å². The number of ether oxygens (including phenoxy) is 1. The molecule has 0 bridgehead atoms. The van der Waals surface area contributed by atoms with Crippen LogP contribution in [-0.4, -0.2) is 36.8 Å². The molecule has 1 aliphatic rings. The highest BCUT2D eigenvalue weighted by Gasteiger charge is 2.23. The molecule has 0 radical (unpaired) electrons. The molecule has 1 N–H and O–H groups in total. The van der Waals surface area contributed by atoms with Crippen LogP contribution in [0.25, 0.3) is 0 Å². The summed E-state index contributed by atoms with van der Waals surface area (Å²) in [7, 11) is 2.06. The molecule has 3 unspecified atom stereocenters. The maximum atomic E-state index is 5.55. The van der Waals surface area contributed by atoms with Gasteiger partial charge in [-0.15, -0.1) is 0 Å². The predicted molar refractivity (Wildman–Crippen MR) is 68.6 cm³/mol. The Labute approximate surface area is 98.5 Å². The predicted octanol–water partition coefficient (Wildman–Crippen LogP) is 2.68. The van der Waals surface area contributed by atoms with Crippen molar-refractivity contribution in [2.24, 2.45) is 0 Å². The summed E-state index contributed by atoms with van der Waals surface area (Å²) in [5.41, 5.74) is 0. The van der Waals surface area contributed by atoms with Gasteiger partial charge in [-0.2, -0.15) is 11.8 Å². The highest BCUT2D eigenvalue weighted by Crippen LogP contribution is 2.27. The number of rotatable bonds is 7. The molecule has 1 fully saturated rings. The van der Waals surface area contributed by atoms with E-state index in [2.05, 4.69) is 38.0 Å². The second kappa shape index (κ2) is 7.53. The van der Waals surface area contributed by atoms with E-state index in [0.717, 1.165) is 11.9 Å². The highest BCUT2D eigenvalue weighted by molar-refractivity contribution is 7.99. The largest absolute Gasteiger partial charge is 0.377 e. The fourth-order valence-electron chi connectivity index (χ4n) is 2.05. The zero-order valence-corrected chi connectivity index (χ0v) is 11.1. The first-order chi connectivity index (χ1) is 7.27. The van der Waals surface area contributed by atoms with Crippen molar-refractivity contribution < 1.29 is 4.74 Å². The summed E-state index contributed by atoms with van der Waals surface area (Å²) in [6.45, 7) is 5.42. The van der Waals surface area contributed by atoms with Crippen LogP contribution < -0.4 is 5.32 Å². The van der Waals surface area contributed by atoms with Crippen LogP contribution in [0.15, 0.2) is 0 Å². The molecule has 2 nitrogen and oxygen atoms in total. The van der Waals surface area contributed by atoms with Crippen LogP contribution in [0.5, 0.6) is 0 Å². The van der Waals surface area contributed by atoms with Crippen molar-refractivity contribution in [2.75, 3.05) is 19.4 Å². The molecule has 0 aromatic carbocycles. The molecular formula is C12H25NOS. The lowest BCUT2D eigenvalue weighted by atomic mass is 10.1. The fourth-order valence-corrected chi connectivity index (χ4v) is 3.30. The highest BCUT2D eigenvalue weighted by atomic mass is 32.2. The standard InChI is InChI=1S/C12H25NOS/c1-4-11(13-3)6-5-9-15-12-7-8-14-10(12)2/h10-13H,4-9H2,1-3H3. The van der Waals surface area contributed by atoms with E-state index in [0.29, 0.717) is 12.1 Å². The van der Waals surface area contributed by atoms with Crippen LogP contribution in [0.4, 0.5) is 0 Å². The van der Waals surface area contributed by atoms with Crippen LogP contribution in [0, 0.1) is 0 Å². The molecule has 1 aliphatic heterocycles. The number of thioether (sulfide) groups is 1. The Morgan fingerprint density at radius 2 is 2.33 bits per heavy atom. The molecule has 90 valence electrons. The first-order valence-electron chi connectivity index (χ1n) is 6.18. The van der Waals surface area contributed by atoms with Gasteiger partial charge in [0.1, 0.15) is 0 Å². The minimum atomic E-state index is 0.473. The molecule has 1 heterocycles. The molecule has 0 aromatic rings. The van der Waals surface area contributed by atoms with Gasteiger partial charge in [0.05, 0.1) is 6.10 Å². The van der Waals surface area contributed by atoms with Crippen molar-refractivity contribution in [3.63, 3.8) is 0 Å². The van der Waals surface area contributed by atoms with Gasteiger partial charge in [0.25, 0.3) is 0 Å². The first-order valence-corrected chi connectivity index (χ1v) is 7.23. The third kappa shape index (κ3) is 4.75. The average molecular weight is 231 g/mol. The van der Waals surface area contributed by atoms with E-state index in [1.54, 1.807) is 0 Å². The van der Waals surface area contributed by atoms with Gasteiger partial charge in [-0.25, -0.2) is 0 Å². The Morgan fingerprint density at radius 1 is 1.53 bits per heavy atom. The van der Waals surface area contributed by atoms with Crippen molar-refractivity contribution in [1.29, 1.82) is 0 Å². The van der Waals surface area contributed by atoms with Crippen molar-refractivity contribution in [3.8, 4) is 0 Å². The van der Waals surface area contributed by atoms with Gasteiger partial charge in [-0.1, -0.05) is 6.92 Å². The van der Waals surface area contributed by atoms with Gasteiger partial charge in [0.2, 0.25) is 0 Å². The second-order valence-corrected chi connectivity index (χ2v) is 5.66. The molecule has 0 spiro atoms. The molecule has 1 saturated heterocycles. The van der Waals surface area contributed by atoms with E-state index < -0.39 is 0 Å². The average Bonchev–Trinajstić information content (AvgIpc) is 2.65. The molecule has 0 aromatic heterocycles. The monoisotopic (exact) mass is 231 g/mol. The van der Waals surface area contributed by atoms with Crippen molar-refractivity contribution >= 4 is 11.8 Å². The SMILES string of the molecule is CCC(CCCSC1CCOC1C)NC. The van der Waals surface area contributed by atoms with E-state index in [1.807, 2.05) is 0 Å². The Morgan fingerprint density at radius 3 is 2.87 bits per heavy atom. The summed E-state index contributed by atoms with van der Waals surface area (Å²) in [5.74, 6) is 1.29. The minimum Gasteiger partial charge on any atom is -0.377 e. The molecule has 0 saturated carbocycles. The fraction of sp³-hybridized carbons (Fsp3) is 1.00. The zero-order chi connectivity index (χ0) is 11.1. The lowest BCUT2D eigenvalue weighted by molar-refractivity contribution is 0.127. The molecule has 0 aliphatic carbocycles. The molecule has 3 heteroatoms. The molecule has 3 atom stereocenters. The Balaban J connectivity index is 2.01. The molecule has 15 heavy (non-hydrogen) atoms. The maximum Gasteiger partial charge on any atom is 0.0666 e. The van der Waals surface area contributed by atoms with Crippen LogP contribution in [0.2, 0.25) is 0 Å². The van der Waals surface area contributed by atoms with E-state index in [4.69, 9.17) is 4.74 Å². The normalized spacial score (nSPS) is 28.2. The van der Waals surface area contributed by atoms with E-state index >= 15 is 0 Å². The quantitative estimate of drug-likeness (QED) is 0.681. The van der Waals surface area contributed by atoms with Crippen molar-refractivity contribution in [3.05, 3.63) is 0 Å². The lowest BCUT2D eigenvalue weighted by Gasteiger charge is -2.16. The third-order valence-electron chi connectivity index (χ3n) is 3.24. The van der Waals surface area contributed by atoms with Gasteiger partial charge in [0, 0.05) is 17.9 Å². The second-order valence-electron chi connectivity index (χ2n) is 4.31. The van der Waals surface area contributed by atoms with Crippen LogP contribution >= 0.6 is 11.8 Å². The third-order valence-corrected chi connectivity index (χ3v) is 4.81. The van der Waals surface area contributed by atoms with Gasteiger partial charge in [-0.05, 0) is 45.4 Å². The first kappa shape index (κ1) is 13.3. The number of nitrogens with one attached hydrogen (secondary N) is 1. The zero-order valence-electron chi connectivity index (χ0n) is 10.3. The smallest absolute Gasteiger partial charge is 0.0666 e. The molecular weight excluding hydrogens is 206 g/mol. The van der Waals surface area contributed by atoms with Gasteiger partial charge >= 0.3 is 0 Å². The van der Waals surface area contributed by atoms with E-state index in [9.17, 15) is 0 Å². The Bertz CT molecular complexity index is 162. The number of hydrogen-bond acceptors (Lipinski definition) is 3. The summed E-state index contributed by atoms with van der Waals surface area (Å²) in [5, 5.41) is 4.10. The molecule has 1 rings (SSSR count). The summed E-state index contributed by atoms with van der Waals surface area (Å²) < 4.78 is 5.55. The number of hydrogen-bond donors (Lipinski definition) is 1.